The van der Waals surface area contributed by atoms with Crippen LogP contribution in [0.15, 0.2) is 53.4 Å². The van der Waals surface area contributed by atoms with E-state index in [0.29, 0.717) is 24.0 Å². The minimum absolute atomic E-state index is 0.111. The molecule has 1 N–H and O–H groups in total. The summed E-state index contributed by atoms with van der Waals surface area (Å²) in [6, 6.07) is 15.3. The van der Waals surface area contributed by atoms with E-state index in [1.165, 1.54) is 25.8 Å². The van der Waals surface area contributed by atoms with Crippen molar-refractivity contribution in [1.82, 2.24) is 9.62 Å². The first-order valence-corrected chi connectivity index (χ1v) is 11.5. The van der Waals surface area contributed by atoms with Crippen LogP contribution in [0.25, 0.3) is 0 Å². The topological polar surface area (TPSA) is 67.9 Å². The predicted molar refractivity (Wildman–Crippen MR) is 114 cm³/mol. The van der Waals surface area contributed by atoms with Gasteiger partial charge in [-0.05, 0) is 56.0 Å². The van der Waals surface area contributed by atoms with Crippen molar-refractivity contribution in [1.29, 1.82) is 0 Å². The van der Waals surface area contributed by atoms with E-state index < -0.39 is 10.0 Å². The van der Waals surface area contributed by atoms with E-state index >= 15 is 0 Å². The lowest BCUT2D eigenvalue weighted by atomic mass is 9.97. The smallest absolute Gasteiger partial charge is 0.244 e. The van der Waals surface area contributed by atoms with Gasteiger partial charge in [0.2, 0.25) is 10.0 Å². The minimum Gasteiger partial charge on any atom is -0.497 e. The van der Waals surface area contributed by atoms with Crippen molar-refractivity contribution in [3.63, 3.8) is 0 Å². The molecule has 0 aromatic heterocycles. The third-order valence-electron chi connectivity index (χ3n) is 5.49. The van der Waals surface area contributed by atoms with Crippen molar-refractivity contribution in [2.45, 2.75) is 24.2 Å². The molecule has 6 nitrogen and oxygen atoms in total. The van der Waals surface area contributed by atoms with Gasteiger partial charge in [0.15, 0.2) is 0 Å². The summed E-state index contributed by atoms with van der Waals surface area (Å²) in [5.74, 6) is 1.14. The van der Waals surface area contributed by atoms with Crippen LogP contribution in [0.1, 0.15) is 18.4 Å². The molecule has 0 unspecified atom stereocenters. The number of nitrogens with one attached hydrogen (secondary N) is 1. The van der Waals surface area contributed by atoms with Gasteiger partial charge in [0, 0.05) is 19.2 Å². The van der Waals surface area contributed by atoms with Gasteiger partial charge < -0.3 is 14.4 Å². The van der Waals surface area contributed by atoms with Crippen molar-refractivity contribution in [3.05, 3.63) is 54.1 Å². The zero-order valence-corrected chi connectivity index (χ0v) is 18.0. The fourth-order valence-corrected chi connectivity index (χ4v) is 4.94. The van der Waals surface area contributed by atoms with Crippen molar-refractivity contribution in [2.75, 3.05) is 40.4 Å². The summed E-state index contributed by atoms with van der Waals surface area (Å²) in [4.78, 5) is 2.57. The quantitative estimate of drug-likeness (QED) is 0.678. The molecule has 1 aliphatic heterocycles. The van der Waals surface area contributed by atoms with Gasteiger partial charge in [-0.25, -0.2) is 13.1 Å². The highest BCUT2D eigenvalue weighted by atomic mass is 32.2. The van der Waals surface area contributed by atoms with Gasteiger partial charge in [-0.3, -0.25) is 0 Å². The van der Waals surface area contributed by atoms with Crippen LogP contribution in [0.2, 0.25) is 0 Å². The first-order chi connectivity index (χ1) is 14.0. The molecule has 0 bridgehead atoms. The second-order valence-corrected chi connectivity index (χ2v) is 9.12. The Kier molecular flexibility index (Phi) is 7.52. The second-order valence-electron chi connectivity index (χ2n) is 7.39. The molecule has 2 aromatic rings. The van der Waals surface area contributed by atoms with Crippen LogP contribution < -0.4 is 14.2 Å². The molecular weight excluding hydrogens is 388 g/mol. The van der Waals surface area contributed by atoms with Crippen LogP contribution in [0.5, 0.6) is 11.5 Å². The van der Waals surface area contributed by atoms with Crippen LogP contribution in [-0.2, 0) is 16.4 Å². The second kappa shape index (κ2) is 10.1. The van der Waals surface area contributed by atoms with E-state index in [-0.39, 0.29) is 4.90 Å². The normalized spacial score (nSPS) is 15.9. The van der Waals surface area contributed by atoms with Gasteiger partial charge in [-0.15, -0.1) is 0 Å². The average Bonchev–Trinajstić information content (AvgIpc) is 2.77. The first-order valence-electron chi connectivity index (χ1n) is 10.00. The zero-order valence-electron chi connectivity index (χ0n) is 17.1. The van der Waals surface area contributed by atoms with Gasteiger partial charge in [0.25, 0.3) is 0 Å². The van der Waals surface area contributed by atoms with Crippen molar-refractivity contribution in [3.8, 4) is 11.5 Å². The molecule has 7 heteroatoms. The van der Waals surface area contributed by atoms with Gasteiger partial charge in [0.05, 0.1) is 14.2 Å². The van der Waals surface area contributed by atoms with Gasteiger partial charge in [0.1, 0.15) is 16.4 Å². The number of likely N-dealkylation sites (tertiary alicyclic amines) is 1. The Balaban J connectivity index is 1.49. The summed E-state index contributed by atoms with van der Waals surface area (Å²) in [7, 11) is -0.688. The molecule has 3 rings (SSSR count). The number of hydrogen-bond donors (Lipinski definition) is 1. The SMILES string of the molecule is COc1ccc(OC)c(S(=O)(=O)NCC2CCN(CCc3ccccc3)CC2)c1. The maximum Gasteiger partial charge on any atom is 0.244 e. The molecule has 1 fully saturated rings. The maximum absolute atomic E-state index is 12.8. The van der Waals surface area contributed by atoms with Crippen LogP contribution in [0.4, 0.5) is 0 Å². The molecule has 1 aliphatic rings. The molecular formula is C22H30N2O4S. The summed E-state index contributed by atoms with van der Waals surface area (Å²) in [5.41, 5.74) is 1.36. The maximum atomic E-state index is 12.8. The predicted octanol–water partition coefficient (Wildman–Crippen LogP) is 2.94. The number of piperidine rings is 1. The van der Waals surface area contributed by atoms with E-state index in [1.807, 2.05) is 6.07 Å². The molecule has 0 saturated carbocycles. The van der Waals surface area contributed by atoms with E-state index in [2.05, 4.69) is 33.9 Å². The molecule has 2 aromatic carbocycles. The number of rotatable bonds is 9. The van der Waals surface area contributed by atoms with Crippen LogP contribution in [0, 0.1) is 5.92 Å². The molecule has 0 amide bonds. The molecule has 158 valence electrons. The molecule has 1 heterocycles. The number of benzene rings is 2. The Labute approximate surface area is 173 Å². The van der Waals surface area contributed by atoms with Crippen LogP contribution >= 0.6 is 0 Å². The number of methoxy groups -OCH3 is 2. The van der Waals surface area contributed by atoms with E-state index in [4.69, 9.17) is 9.47 Å². The average molecular weight is 419 g/mol. The van der Waals surface area contributed by atoms with Crippen molar-refractivity contribution >= 4 is 10.0 Å². The Morgan fingerprint density at radius 1 is 1.03 bits per heavy atom. The molecule has 0 radical (unpaired) electrons. The monoisotopic (exact) mass is 418 g/mol. The lowest BCUT2D eigenvalue weighted by molar-refractivity contribution is 0.187. The Hall–Kier alpha value is -2.09. The van der Waals surface area contributed by atoms with E-state index in [1.54, 1.807) is 12.1 Å². The minimum atomic E-state index is -3.66. The summed E-state index contributed by atoms with van der Waals surface area (Å²) in [5, 5.41) is 0. The summed E-state index contributed by atoms with van der Waals surface area (Å²) < 4.78 is 38.7. The Bertz CT molecular complexity index is 879. The largest absolute Gasteiger partial charge is 0.497 e. The summed E-state index contributed by atoms with van der Waals surface area (Å²) >= 11 is 0. The molecule has 29 heavy (non-hydrogen) atoms. The van der Waals surface area contributed by atoms with Crippen LogP contribution in [0.3, 0.4) is 0 Å². The standard InChI is InChI=1S/C22H30N2O4S/c1-27-20-8-9-21(28-2)22(16-20)29(25,26)23-17-19-11-14-24(15-12-19)13-10-18-6-4-3-5-7-18/h3-9,16,19,23H,10-15,17H2,1-2H3. The highest BCUT2D eigenvalue weighted by molar-refractivity contribution is 7.89. The Morgan fingerprint density at radius 3 is 2.41 bits per heavy atom. The van der Waals surface area contributed by atoms with Gasteiger partial charge in [-0.2, -0.15) is 0 Å². The number of ether oxygens (including phenoxy) is 2. The summed E-state index contributed by atoms with van der Waals surface area (Å²) in [6.07, 6.45) is 3.03. The number of hydrogen-bond acceptors (Lipinski definition) is 5. The fourth-order valence-electron chi connectivity index (χ4n) is 3.65. The van der Waals surface area contributed by atoms with Crippen molar-refractivity contribution in [2.24, 2.45) is 5.92 Å². The van der Waals surface area contributed by atoms with Crippen molar-refractivity contribution < 1.29 is 17.9 Å². The number of nitrogens with zero attached hydrogens (tertiary/aromatic N) is 1. The molecule has 0 atom stereocenters. The molecule has 0 aliphatic carbocycles. The number of sulfonamides is 1. The van der Waals surface area contributed by atoms with Gasteiger partial charge >= 0.3 is 0 Å². The summed E-state index contributed by atoms with van der Waals surface area (Å²) in [6.45, 7) is 3.49. The lowest BCUT2D eigenvalue weighted by Gasteiger charge is -2.32. The zero-order chi connectivity index (χ0) is 20.7. The first kappa shape index (κ1) is 21.6. The van der Waals surface area contributed by atoms with Gasteiger partial charge in [-0.1, -0.05) is 30.3 Å². The van der Waals surface area contributed by atoms with E-state index in [0.717, 1.165) is 38.9 Å². The molecule has 1 saturated heterocycles. The third-order valence-corrected chi connectivity index (χ3v) is 6.93. The van der Waals surface area contributed by atoms with Crippen LogP contribution in [-0.4, -0.2) is 53.7 Å². The highest BCUT2D eigenvalue weighted by Crippen LogP contribution is 2.28. The highest BCUT2D eigenvalue weighted by Gasteiger charge is 2.24. The fraction of sp³-hybridized carbons (Fsp3) is 0.455. The third kappa shape index (κ3) is 5.95. The molecule has 0 spiro atoms. The van der Waals surface area contributed by atoms with E-state index in [9.17, 15) is 8.42 Å². The lowest BCUT2D eigenvalue weighted by Crippen LogP contribution is -2.39. The Morgan fingerprint density at radius 2 is 1.76 bits per heavy atom.